The van der Waals surface area contributed by atoms with Crippen molar-refractivity contribution in [3.8, 4) is 11.4 Å². The Labute approximate surface area is 125 Å². The lowest BCUT2D eigenvalue weighted by molar-refractivity contribution is 0.242. The van der Waals surface area contributed by atoms with Crippen molar-refractivity contribution in [3.63, 3.8) is 0 Å². The van der Waals surface area contributed by atoms with Crippen molar-refractivity contribution in [3.05, 3.63) is 30.1 Å². The molecule has 2 aromatic rings. The first kappa shape index (κ1) is 15.4. The van der Waals surface area contributed by atoms with Crippen LogP contribution >= 0.6 is 0 Å². The van der Waals surface area contributed by atoms with Gasteiger partial charge >= 0.3 is 0 Å². The number of rotatable bonds is 7. The van der Waals surface area contributed by atoms with Crippen LogP contribution in [0, 0.1) is 0 Å². The second kappa shape index (κ2) is 7.17. The van der Waals surface area contributed by atoms with Gasteiger partial charge in [0.05, 0.1) is 17.8 Å². The first-order valence-corrected chi connectivity index (χ1v) is 7.40. The molecule has 6 heteroatoms. The third-order valence-corrected chi connectivity index (χ3v) is 3.03. The predicted octanol–water partition coefficient (Wildman–Crippen LogP) is 2.51. The monoisotopic (exact) mass is 289 g/mol. The maximum absolute atomic E-state index is 5.64. The number of hydrogen-bond acceptors (Lipinski definition) is 5. The number of aromatic nitrogens is 4. The van der Waals surface area contributed by atoms with E-state index in [1.807, 2.05) is 38.1 Å². The summed E-state index contributed by atoms with van der Waals surface area (Å²) in [7, 11) is 0. The van der Waals surface area contributed by atoms with Gasteiger partial charge in [0.25, 0.3) is 0 Å². The highest BCUT2D eigenvalue weighted by molar-refractivity contribution is 5.37. The molecule has 1 aromatic carbocycles. The minimum Gasteiger partial charge on any atom is -0.491 e. The first-order chi connectivity index (χ1) is 10.1. The molecule has 0 fully saturated rings. The molecule has 0 radical (unpaired) electrons. The summed E-state index contributed by atoms with van der Waals surface area (Å²) in [6, 6.07) is 7.90. The van der Waals surface area contributed by atoms with Gasteiger partial charge in [-0.15, -0.1) is 5.10 Å². The summed E-state index contributed by atoms with van der Waals surface area (Å²) in [5, 5.41) is 15.4. The molecule has 1 atom stereocenters. The van der Waals surface area contributed by atoms with E-state index in [2.05, 4.69) is 34.7 Å². The average Bonchev–Trinajstić information content (AvgIpc) is 2.94. The van der Waals surface area contributed by atoms with Crippen LogP contribution in [0.3, 0.4) is 0 Å². The lowest BCUT2D eigenvalue weighted by Gasteiger charge is -2.13. The highest BCUT2D eigenvalue weighted by atomic mass is 16.5. The van der Waals surface area contributed by atoms with Gasteiger partial charge in [-0.1, -0.05) is 6.92 Å². The molecule has 0 saturated carbocycles. The standard InChI is InChI=1S/C15H23N5O/c1-5-10-16-12(4)15-17-18-19-20(15)13-6-8-14(9-7-13)21-11(2)3/h6-9,11-12,16H,5,10H2,1-4H3. The minimum absolute atomic E-state index is 0.103. The molecule has 1 N–H and O–H groups in total. The molecule has 0 amide bonds. The Morgan fingerprint density at radius 1 is 1.19 bits per heavy atom. The molecular weight excluding hydrogens is 266 g/mol. The number of hydrogen-bond donors (Lipinski definition) is 1. The maximum Gasteiger partial charge on any atom is 0.173 e. The van der Waals surface area contributed by atoms with E-state index in [1.54, 1.807) is 4.68 Å². The molecule has 1 unspecified atom stereocenters. The third kappa shape index (κ3) is 4.01. The molecule has 0 spiro atoms. The molecule has 0 aliphatic carbocycles. The van der Waals surface area contributed by atoms with E-state index in [0.29, 0.717) is 0 Å². The molecule has 1 aromatic heterocycles. The van der Waals surface area contributed by atoms with Crippen molar-refractivity contribution >= 4 is 0 Å². The number of ether oxygens (including phenoxy) is 1. The summed E-state index contributed by atoms with van der Waals surface area (Å²) in [5.74, 6) is 1.65. The van der Waals surface area contributed by atoms with Crippen LogP contribution < -0.4 is 10.1 Å². The fourth-order valence-corrected chi connectivity index (χ4v) is 2.04. The van der Waals surface area contributed by atoms with Crippen molar-refractivity contribution in [1.29, 1.82) is 0 Å². The Balaban J connectivity index is 2.17. The van der Waals surface area contributed by atoms with E-state index in [9.17, 15) is 0 Å². The van der Waals surface area contributed by atoms with E-state index in [0.717, 1.165) is 30.2 Å². The summed E-state index contributed by atoms with van der Waals surface area (Å²) < 4.78 is 7.40. The summed E-state index contributed by atoms with van der Waals surface area (Å²) in [4.78, 5) is 0. The molecule has 0 bridgehead atoms. The normalized spacial score (nSPS) is 12.6. The molecule has 0 aliphatic rings. The van der Waals surface area contributed by atoms with Gasteiger partial charge in [-0.2, -0.15) is 4.68 Å². The van der Waals surface area contributed by atoms with Crippen molar-refractivity contribution in [1.82, 2.24) is 25.5 Å². The molecular formula is C15H23N5O. The Hall–Kier alpha value is -1.95. The zero-order chi connectivity index (χ0) is 15.2. The van der Waals surface area contributed by atoms with Crippen LogP contribution in [-0.2, 0) is 0 Å². The summed E-state index contributed by atoms with van der Waals surface area (Å²) in [6.45, 7) is 9.16. The Bertz CT molecular complexity index is 549. The van der Waals surface area contributed by atoms with Crippen LogP contribution in [0.15, 0.2) is 24.3 Å². The van der Waals surface area contributed by atoms with Crippen LogP contribution in [0.4, 0.5) is 0 Å². The van der Waals surface area contributed by atoms with Crippen molar-refractivity contribution in [2.24, 2.45) is 0 Å². The number of nitrogens with zero attached hydrogens (tertiary/aromatic N) is 4. The Morgan fingerprint density at radius 3 is 2.52 bits per heavy atom. The van der Waals surface area contributed by atoms with Gasteiger partial charge in [-0.3, -0.25) is 0 Å². The number of nitrogens with one attached hydrogen (secondary N) is 1. The summed E-state index contributed by atoms with van der Waals surface area (Å²) in [5.41, 5.74) is 0.927. The maximum atomic E-state index is 5.64. The highest BCUT2D eigenvalue weighted by Gasteiger charge is 2.15. The lowest BCUT2D eigenvalue weighted by Crippen LogP contribution is -2.22. The first-order valence-electron chi connectivity index (χ1n) is 7.40. The zero-order valence-corrected chi connectivity index (χ0v) is 13.1. The fraction of sp³-hybridized carbons (Fsp3) is 0.533. The molecule has 21 heavy (non-hydrogen) atoms. The molecule has 0 saturated heterocycles. The van der Waals surface area contributed by atoms with Gasteiger partial charge < -0.3 is 10.1 Å². The van der Waals surface area contributed by atoms with Crippen LogP contribution in [0.25, 0.3) is 5.69 Å². The van der Waals surface area contributed by atoms with E-state index in [-0.39, 0.29) is 12.1 Å². The molecule has 6 nitrogen and oxygen atoms in total. The van der Waals surface area contributed by atoms with E-state index < -0.39 is 0 Å². The predicted molar refractivity (Wildman–Crippen MR) is 81.6 cm³/mol. The molecule has 2 rings (SSSR count). The topological polar surface area (TPSA) is 64.9 Å². The van der Waals surface area contributed by atoms with Crippen LogP contribution in [0.2, 0.25) is 0 Å². The van der Waals surface area contributed by atoms with Crippen LogP contribution in [-0.4, -0.2) is 32.9 Å². The zero-order valence-electron chi connectivity index (χ0n) is 13.1. The van der Waals surface area contributed by atoms with Crippen molar-refractivity contribution in [2.45, 2.75) is 46.3 Å². The Kier molecular flexibility index (Phi) is 5.27. The lowest BCUT2D eigenvalue weighted by atomic mass is 10.2. The second-order valence-electron chi connectivity index (χ2n) is 5.29. The molecule has 114 valence electrons. The van der Waals surface area contributed by atoms with Gasteiger partial charge in [0.2, 0.25) is 0 Å². The minimum atomic E-state index is 0.103. The summed E-state index contributed by atoms with van der Waals surface area (Å²) >= 11 is 0. The van der Waals surface area contributed by atoms with Gasteiger partial charge in [0.15, 0.2) is 5.82 Å². The van der Waals surface area contributed by atoms with E-state index in [4.69, 9.17) is 4.74 Å². The number of benzene rings is 1. The van der Waals surface area contributed by atoms with Gasteiger partial charge in [0.1, 0.15) is 5.75 Å². The largest absolute Gasteiger partial charge is 0.491 e. The van der Waals surface area contributed by atoms with Gasteiger partial charge in [-0.05, 0) is 68.4 Å². The number of tetrazole rings is 1. The van der Waals surface area contributed by atoms with Crippen LogP contribution in [0.1, 0.15) is 46.0 Å². The summed E-state index contributed by atoms with van der Waals surface area (Å²) in [6.07, 6.45) is 1.24. The van der Waals surface area contributed by atoms with Gasteiger partial charge in [-0.25, -0.2) is 0 Å². The van der Waals surface area contributed by atoms with Gasteiger partial charge in [0, 0.05) is 0 Å². The van der Waals surface area contributed by atoms with Crippen molar-refractivity contribution < 1.29 is 4.74 Å². The Morgan fingerprint density at radius 2 is 1.90 bits per heavy atom. The molecule has 1 heterocycles. The quantitative estimate of drug-likeness (QED) is 0.848. The molecule has 0 aliphatic heterocycles. The van der Waals surface area contributed by atoms with Crippen molar-refractivity contribution in [2.75, 3.05) is 6.54 Å². The van der Waals surface area contributed by atoms with E-state index in [1.165, 1.54) is 0 Å². The fourth-order valence-electron chi connectivity index (χ4n) is 2.04. The van der Waals surface area contributed by atoms with E-state index >= 15 is 0 Å². The average molecular weight is 289 g/mol. The SMILES string of the molecule is CCCNC(C)c1nnnn1-c1ccc(OC(C)C)cc1. The second-order valence-corrected chi connectivity index (χ2v) is 5.29. The highest BCUT2D eigenvalue weighted by Crippen LogP contribution is 2.18. The van der Waals surface area contributed by atoms with Crippen LogP contribution in [0.5, 0.6) is 5.75 Å². The third-order valence-electron chi connectivity index (χ3n) is 3.03. The smallest absolute Gasteiger partial charge is 0.173 e.